The van der Waals surface area contributed by atoms with Gasteiger partial charge in [-0.1, -0.05) is 0 Å². The highest BCUT2D eigenvalue weighted by atomic mass is 127. The van der Waals surface area contributed by atoms with E-state index in [2.05, 4.69) is 51.3 Å². The SMILES string of the molecule is Cn1c(I)cc(C#N)c1I. The van der Waals surface area contributed by atoms with E-state index in [0.717, 1.165) is 13.0 Å². The Bertz CT molecular complexity index is 295. The molecule has 0 spiro atoms. The minimum absolute atomic E-state index is 0.757. The maximum absolute atomic E-state index is 8.58. The molecule has 1 aromatic rings. The zero-order valence-electron chi connectivity index (χ0n) is 5.23. The second kappa shape index (κ2) is 3.09. The Hall–Kier alpha value is 0.230. The number of halogens is 2. The summed E-state index contributed by atoms with van der Waals surface area (Å²) in [7, 11) is 1.95. The first kappa shape index (κ1) is 8.33. The van der Waals surface area contributed by atoms with Gasteiger partial charge in [-0.15, -0.1) is 0 Å². The summed E-state index contributed by atoms with van der Waals surface area (Å²) >= 11 is 4.36. The Kier molecular flexibility index (Phi) is 2.57. The molecule has 0 saturated heterocycles. The van der Waals surface area contributed by atoms with E-state index >= 15 is 0 Å². The number of rotatable bonds is 0. The molecule has 10 heavy (non-hydrogen) atoms. The number of nitriles is 1. The van der Waals surface area contributed by atoms with Crippen molar-refractivity contribution < 1.29 is 0 Å². The third kappa shape index (κ3) is 1.29. The highest BCUT2D eigenvalue weighted by molar-refractivity contribution is 14.1. The Morgan fingerprint density at radius 1 is 1.60 bits per heavy atom. The average Bonchev–Trinajstić information content (AvgIpc) is 2.17. The van der Waals surface area contributed by atoms with E-state index in [0.29, 0.717) is 0 Å². The molecule has 0 radical (unpaired) electrons. The van der Waals surface area contributed by atoms with Crippen molar-refractivity contribution in [1.29, 1.82) is 5.26 Å². The van der Waals surface area contributed by atoms with Gasteiger partial charge in [0.05, 0.1) is 13.0 Å². The van der Waals surface area contributed by atoms with E-state index in [-0.39, 0.29) is 0 Å². The van der Waals surface area contributed by atoms with Crippen LogP contribution in [-0.2, 0) is 7.05 Å². The third-order valence-corrected chi connectivity index (χ3v) is 3.56. The van der Waals surface area contributed by atoms with Gasteiger partial charge < -0.3 is 4.57 Å². The fraction of sp³-hybridized carbons (Fsp3) is 0.167. The first-order valence-electron chi connectivity index (χ1n) is 2.57. The van der Waals surface area contributed by atoms with Gasteiger partial charge in [0, 0.05) is 7.05 Å². The van der Waals surface area contributed by atoms with E-state index in [1.54, 1.807) is 0 Å². The maximum Gasteiger partial charge on any atom is 0.102 e. The minimum Gasteiger partial charge on any atom is -0.334 e. The second-order valence-electron chi connectivity index (χ2n) is 1.84. The summed E-state index contributed by atoms with van der Waals surface area (Å²) in [4.78, 5) is 0. The summed E-state index contributed by atoms with van der Waals surface area (Å²) in [5.41, 5.74) is 0.757. The van der Waals surface area contributed by atoms with Crippen molar-refractivity contribution in [3.63, 3.8) is 0 Å². The monoisotopic (exact) mass is 358 g/mol. The Morgan fingerprint density at radius 2 is 2.20 bits per heavy atom. The molecule has 0 aromatic carbocycles. The zero-order chi connectivity index (χ0) is 7.72. The number of nitrogens with zero attached hydrogens (tertiary/aromatic N) is 2. The Balaban J connectivity index is 3.34. The van der Waals surface area contributed by atoms with Gasteiger partial charge in [0.2, 0.25) is 0 Å². The normalized spacial score (nSPS) is 9.40. The first-order valence-corrected chi connectivity index (χ1v) is 4.73. The van der Waals surface area contributed by atoms with Gasteiger partial charge in [-0.3, -0.25) is 0 Å². The van der Waals surface area contributed by atoms with Gasteiger partial charge in [-0.25, -0.2) is 0 Å². The minimum atomic E-state index is 0.757. The van der Waals surface area contributed by atoms with E-state index in [1.807, 2.05) is 17.7 Å². The van der Waals surface area contributed by atoms with Crippen LogP contribution in [0, 0.1) is 18.7 Å². The van der Waals surface area contributed by atoms with Crippen molar-refractivity contribution in [2.24, 2.45) is 7.05 Å². The summed E-state index contributed by atoms with van der Waals surface area (Å²) in [6, 6.07) is 4.00. The van der Waals surface area contributed by atoms with Crippen LogP contribution >= 0.6 is 45.2 Å². The van der Waals surface area contributed by atoms with E-state index in [1.165, 1.54) is 0 Å². The Labute approximate surface area is 86.5 Å². The van der Waals surface area contributed by atoms with E-state index < -0.39 is 0 Å². The highest BCUT2D eigenvalue weighted by Gasteiger charge is 2.05. The fourth-order valence-electron chi connectivity index (χ4n) is 0.628. The molecule has 0 aliphatic heterocycles. The molecule has 0 amide bonds. The summed E-state index contributed by atoms with van der Waals surface area (Å²) in [6.45, 7) is 0. The standard InChI is InChI=1S/C6H4I2N2/c1-10-5(7)2-4(3-9)6(10)8/h2H,1H3. The van der Waals surface area contributed by atoms with Crippen molar-refractivity contribution in [2.45, 2.75) is 0 Å². The average molecular weight is 358 g/mol. The van der Waals surface area contributed by atoms with Crippen molar-refractivity contribution in [3.05, 3.63) is 19.0 Å². The molecule has 4 heteroatoms. The van der Waals surface area contributed by atoms with Crippen LogP contribution in [0.5, 0.6) is 0 Å². The molecule has 1 aromatic heterocycles. The molecule has 0 atom stereocenters. The second-order valence-corrected chi connectivity index (χ2v) is 3.97. The zero-order valence-corrected chi connectivity index (χ0v) is 9.54. The smallest absolute Gasteiger partial charge is 0.102 e. The maximum atomic E-state index is 8.58. The molecule has 0 saturated carbocycles. The van der Waals surface area contributed by atoms with Gasteiger partial charge in [-0.2, -0.15) is 5.26 Å². The quantitative estimate of drug-likeness (QED) is 0.654. The molecule has 2 nitrogen and oxygen atoms in total. The van der Waals surface area contributed by atoms with Crippen LogP contribution in [0.3, 0.4) is 0 Å². The largest absolute Gasteiger partial charge is 0.334 e. The van der Waals surface area contributed by atoms with Crippen LogP contribution in [0.1, 0.15) is 5.56 Å². The molecule has 0 unspecified atom stereocenters. The first-order chi connectivity index (χ1) is 4.66. The van der Waals surface area contributed by atoms with Gasteiger partial charge in [0.15, 0.2) is 0 Å². The number of aromatic nitrogens is 1. The molecule has 0 bridgehead atoms. The highest BCUT2D eigenvalue weighted by Crippen LogP contribution is 2.17. The lowest BCUT2D eigenvalue weighted by Crippen LogP contribution is -1.92. The molecular weight excluding hydrogens is 354 g/mol. The predicted octanol–water partition coefficient (Wildman–Crippen LogP) is 2.11. The van der Waals surface area contributed by atoms with Crippen molar-refractivity contribution >= 4 is 45.2 Å². The topological polar surface area (TPSA) is 28.7 Å². The third-order valence-electron chi connectivity index (χ3n) is 1.22. The lowest BCUT2D eigenvalue weighted by molar-refractivity contribution is 0.870. The molecule has 0 aliphatic rings. The number of hydrogen-bond acceptors (Lipinski definition) is 1. The molecule has 0 aliphatic carbocycles. The summed E-state index contributed by atoms with van der Waals surface area (Å²) in [5.74, 6) is 0. The number of hydrogen-bond donors (Lipinski definition) is 0. The molecule has 0 fully saturated rings. The van der Waals surface area contributed by atoms with Crippen LogP contribution in [0.25, 0.3) is 0 Å². The lowest BCUT2D eigenvalue weighted by atomic mass is 10.4. The molecular formula is C6H4I2N2. The molecule has 1 heterocycles. The van der Waals surface area contributed by atoms with E-state index in [9.17, 15) is 0 Å². The summed E-state index contributed by atoms with van der Waals surface area (Å²) in [6.07, 6.45) is 0. The van der Waals surface area contributed by atoms with Crippen LogP contribution in [0.15, 0.2) is 6.07 Å². The van der Waals surface area contributed by atoms with Gasteiger partial charge in [0.25, 0.3) is 0 Å². The predicted molar refractivity (Wildman–Crippen MR) is 55.6 cm³/mol. The molecule has 52 valence electrons. The molecule has 1 rings (SSSR count). The van der Waals surface area contributed by atoms with Crippen LogP contribution in [0.4, 0.5) is 0 Å². The van der Waals surface area contributed by atoms with E-state index in [4.69, 9.17) is 5.26 Å². The van der Waals surface area contributed by atoms with Crippen molar-refractivity contribution in [1.82, 2.24) is 4.57 Å². The van der Waals surface area contributed by atoms with Gasteiger partial charge >= 0.3 is 0 Å². The fourth-order valence-corrected chi connectivity index (χ4v) is 2.18. The van der Waals surface area contributed by atoms with Crippen molar-refractivity contribution in [3.8, 4) is 6.07 Å². The van der Waals surface area contributed by atoms with Crippen LogP contribution in [0.2, 0.25) is 0 Å². The molecule has 0 N–H and O–H groups in total. The summed E-state index contributed by atoms with van der Waals surface area (Å²) in [5, 5.41) is 8.58. The van der Waals surface area contributed by atoms with Crippen LogP contribution < -0.4 is 0 Å². The Morgan fingerprint density at radius 3 is 2.40 bits per heavy atom. The lowest BCUT2D eigenvalue weighted by Gasteiger charge is -1.93. The van der Waals surface area contributed by atoms with Crippen LogP contribution in [-0.4, -0.2) is 4.57 Å². The van der Waals surface area contributed by atoms with Gasteiger partial charge in [0.1, 0.15) is 6.07 Å². The van der Waals surface area contributed by atoms with Crippen molar-refractivity contribution in [2.75, 3.05) is 0 Å². The summed E-state index contributed by atoms with van der Waals surface area (Å²) < 4.78 is 4.09. The van der Waals surface area contributed by atoms with Gasteiger partial charge in [-0.05, 0) is 51.2 Å².